The van der Waals surface area contributed by atoms with Crippen LogP contribution in [0.5, 0.6) is 0 Å². The van der Waals surface area contributed by atoms with Crippen LogP contribution >= 0.6 is 11.8 Å². The van der Waals surface area contributed by atoms with E-state index in [-0.39, 0.29) is 17.4 Å². The van der Waals surface area contributed by atoms with Gasteiger partial charge in [0, 0.05) is 11.8 Å². The normalized spacial score (nSPS) is 13.0. The van der Waals surface area contributed by atoms with Gasteiger partial charge >= 0.3 is 5.97 Å². The number of carbonyl (C=O) groups excluding carboxylic acids is 1. The first-order chi connectivity index (χ1) is 9.88. The van der Waals surface area contributed by atoms with E-state index in [2.05, 4.69) is 50.4 Å². The SMILES string of the molecule is CCOC(=O)CSCC(NC)c1ccc(C(C)(C)C)cc1. The number of benzene rings is 1. The average molecular weight is 309 g/mol. The Kier molecular flexibility index (Phi) is 7.26. The molecule has 0 aliphatic rings. The molecule has 1 N–H and O–H groups in total. The molecule has 0 fully saturated rings. The molecule has 0 spiro atoms. The molecule has 4 heteroatoms. The van der Waals surface area contributed by atoms with Crippen LogP contribution in [0.3, 0.4) is 0 Å². The second-order valence-electron chi connectivity index (χ2n) is 6.03. The summed E-state index contributed by atoms with van der Waals surface area (Å²) < 4.78 is 4.94. The number of rotatable bonds is 7. The molecular formula is C17H27NO2S. The first kappa shape index (κ1) is 18.1. The molecule has 1 rings (SSSR count). The summed E-state index contributed by atoms with van der Waals surface area (Å²) in [5.74, 6) is 1.12. The second-order valence-corrected chi connectivity index (χ2v) is 7.06. The summed E-state index contributed by atoms with van der Waals surface area (Å²) in [4.78, 5) is 11.3. The van der Waals surface area contributed by atoms with Gasteiger partial charge in [-0.1, -0.05) is 45.0 Å². The molecule has 0 aliphatic carbocycles. The molecule has 118 valence electrons. The quantitative estimate of drug-likeness (QED) is 0.782. The molecule has 0 aliphatic heterocycles. The van der Waals surface area contributed by atoms with E-state index >= 15 is 0 Å². The predicted octanol–water partition coefficient (Wildman–Crippen LogP) is 3.54. The predicted molar refractivity (Wildman–Crippen MR) is 90.9 cm³/mol. The maximum absolute atomic E-state index is 11.3. The number of thioether (sulfide) groups is 1. The van der Waals surface area contributed by atoms with Gasteiger partial charge in [-0.3, -0.25) is 4.79 Å². The number of esters is 1. The third kappa shape index (κ3) is 6.10. The summed E-state index contributed by atoms with van der Waals surface area (Å²) >= 11 is 1.60. The molecule has 0 aromatic heterocycles. The number of carbonyl (C=O) groups is 1. The van der Waals surface area contributed by atoms with E-state index in [0.29, 0.717) is 12.4 Å². The highest BCUT2D eigenvalue weighted by molar-refractivity contribution is 7.99. The molecule has 1 aromatic rings. The van der Waals surface area contributed by atoms with Crippen molar-refractivity contribution in [3.8, 4) is 0 Å². The van der Waals surface area contributed by atoms with E-state index < -0.39 is 0 Å². The van der Waals surface area contributed by atoms with Crippen LogP contribution in [-0.2, 0) is 14.9 Å². The minimum atomic E-state index is -0.138. The average Bonchev–Trinajstić information content (AvgIpc) is 2.43. The fraction of sp³-hybridized carbons (Fsp3) is 0.588. The lowest BCUT2D eigenvalue weighted by atomic mass is 9.86. The van der Waals surface area contributed by atoms with Crippen molar-refractivity contribution >= 4 is 17.7 Å². The highest BCUT2D eigenvalue weighted by atomic mass is 32.2. The second kappa shape index (κ2) is 8.44. The lowest BCUT2D eigenvalue weighted by molar-refractivity contribution is -0.139. The van der Waals surface area contributed by atoms with Gasteiger partial charge in [0.05, 0.1) is 12.4 Å². The van der Waals surface area contributed by atoms with Gasteiger partial charge < -0.3 is 10.1 Å². The third-order valence-electron chi connectivity index (χ3n) is 3.34. The van der Waals surface area contributed by atoms with Crippen molar-refractivity contribution in [1.82, 2.24) is 5.32 Å². The molecule has 0 saturated heterocycles. The summed E-state index contributed by atoms with van der Waals surface area (Å²) in [6, 6.07) is 8.98. The molecule has 0 bridgehead atoms. The minimum absolute atomic E-state index is 0.138. The summed E-state index contributed by atoms with van der Waals surface area (Å²) in [6.07, 6.45) is 0. The van der Waals surface area contributed by atoms with Crippen molar-refractivity contribution in [2.45, 2.75) is 39.2 Å². The van der Waals surface area contributed by atoms with Gasteiger partial charge in [0.2, 0.25) is 0 Å². The van der Waals surface area contributed by atoms with Crippen molar-refractivity contribution in [1.29, 1.82) is 0 Å². The first-order valence-electron chi connectivity index (χ1n) is 7.39. The smallest absolute Gasteiger partial charge is 0.315 e. The van der Waals surface area contributed by atoms with Gasteiger partial charge in [0.25, 0.3) is 0 Å². The molecular weight excluding hydrogens is 282 g/mol. The fourth-order valence-electron chi connectivity index (χ4n) is 2.02. The Balaban J connectivity index is 2.58. The third-order valence-corrected chi connectivity index (χ3v) is 4.35. The van der Waals surface area contributed by atoms with Crippen LogP contribution in [0.15, 0.2) is 24.3 Å². The Morgan fingerprint density at radius 1 is 1.29 bits per heavy atom. The van der Waals surface area contributed by atoms with E-state index in [1.165, 1.54) is 11.1 Å². The van der Waals surface area contributed by atoms with Gasteiger partial charge in [0.15, 0.2) is 0 Å². The Morgan fingerprint density at radius 2 is 1.90 bits per heavy atom. The zero-order valence-electron chi connectivity index (χ0n) is 13.7. The van der Waals surface area contributed by atoms with Gasteiger partial charge in [-0.15, -0.1) is 11.8 Å². The Hall–Kier alpha value is -1.00. The van der Waals surface area contributed by atoms with Gasteiger partial charge in [-0.05, 0) is 30.5 Å². The Morgan fingerprint density at radius 3 is 2.38 bits per heavy atom. The lowest BCUT2D eigenvalue weighted by Gasteiger charge is -2.21. The first-order valence-corrected chi connectivity index (χ1v) is 8.55. The maximum atomic E-state index is 11.3. The topological polar surface area (TPSA) is 38.3 Å². The van der Waals surface area contributed by atoms with Crippen LogP contribution in [0.4, 0.5) is 0 Å². The molecule has 1 aromatic carbocycles. The van der Waals surface area contributed by atoms with Crippen molar-refractivity contribution in [3.63, 3.8) is 0 Å². The minimum Gasteiger partial charge on any atom is -0.465 e. The molecule has 0 saturated carbocycles. The molecule has 3 nitrogen and oxygen atoms in total. The van der Waals surface area contributed by atoms with E-state index in [9.17, 15) is 4.79 Å². The van der Waals surface area contributed by atoms with Crippen molar-refractivity contribution in [2.75, 3.05) is 25.2 Å². The Labute approximate surface area is 132 Å². The maximum Gasteiger partial charge on any atom is 0.315 e. The summed E-state index contributed by atoms with van der Waals surface area (Å²) in [5.41, 5.74) is 2.76. The summed E-state index contributed by atoms with van der Waals surface area (Å²) in [6.45, 7) is 8.92. The standard InChI is InChI=1S/C17H27NO2S/c1-6-20-16(19)12-21-11-15(18-5)13-7-9-14(10-8-13)17(2,3)4/h7-10,15,18H,6,11-12H2,1-5H3. The van der Waals surface area contributed by atoms with Crippen LogP contribution in [0.1, 0.15) is 44.9 Å². The molecule has 21 heavy (non-hydrogen) atoms. The zero-order valence-corrected chi connectivity index (χ0v) is 14.5. The largest absolute Gasteiger partial charge is 0.465 e. The van der Waals surface area contributed by atoms with Gasteiger partial charge in [-0.2, -0.15) is 0 Å². The van der Waals surface area contributed by atoms with Crippen LogP contribution in [-0.4, -0.2) is 31.1 Å². The molecule has 0 radical (unpaired) electrons. The number of hydrogen-bond donors (Lipinski definition) is 1. The van der Waals surface area contributed by atoms with E-state index in [4.69, 9.17) is 4.74 Å². The lowest BCUT2D eigenvalue weighted by Crippen LogP contribution is -2.20. The van der Waals surface area contributed by atoms with E-state index in [1.807, 2.05) is 14.0 Å². The summed E-state index contributed by atoms with van der Waals surface area (Å²) in [7, 11) is 1.95. The molecule has 0 amide bonds. The van der Waals surface area contributed by atoms with Crippen LogP contribution in [0, 0.1) is 0 Å². The highest BCUT2D eigenvalue weighted by Crippen LogP contribution is 2.25. The fourth-order valence-corrected chi connectivity index (χ4v) is 2.99. The molecule has 1 unspecified atom stereocenters. The highest BCUT2D eigenvalue weighted by Gasteiger charge is 2.15. The van der Waals surface area contributed by atoms with Crippen LogP contribution in [0.25, 0.3) is 0 Å². The van der Waals surface area contributed by atoms with Crippen LogP contribution < -0.4 is 5.32 Å². The van der Waals surface area contributed by atoms with Crippen molar-refractivity contribution < 1.29 is 9.53 Å². The van der Waals surface area contributed by atoms with Gasteiger partial charge in [0.1, 0.15) is 0 Å². The molecule has 1 atom stereocenters. The monoisotopic (exact) mass is 309 g/mol. The summed E-state index contributed by atoms with van der Waals surface area (Å²) in [5, 5.41) is 3.31. The molecule has 0 heterocycles. The Bertz CT molecular complexity index is 437. The number of hydrogen-bond acceptors (Lipinski definition) is 4. The van der Waals surface area contributed by atoms with Crippen LogP contribution in [0.2, 0.25) is 0 Å². The van der Waals surface area contributed by atoms with E-state index in [1.54, 1.807) is 11.8 Å². The van der Waals surface area contributed by atoms with E-state index in [0.717, 1.165) is 5.75 Å². The van der Waals surface area contributed by atoms with Crippen molar-refractivity contribution in [2.24, 2.45) is 0 Å². The number of nitrogens with one attached hydrogen (secondary N) is 1. The van der Waals surface area contributed by atoms with Crippen molar-refractivity contribution in [3.05, 3.63) is 35.4 Å². The number of ether oxygens (including phenoxy) is 1. The zero-order chi connectivity index (χ0) is 15.9. The van der Waals surface area contributed by atoms with Gasteiger partial charge in [-0.25, -0.2) is 0 Å².